The first-order valence-electron chi connectivity index (χ1n) is 12.5. The number of anilines is 3. The molecule has 0 saturated carbocycles. The standard InChI is InChI=1S/C26H33FN6O2/c1-2-24(34)33-10-4-6-22(15-33)29-25-23(27)12-28-26(31-25)30-21-8-7-19-5-3-9-32(14-20(19)11-21)13-18-16-35-17-18/h2,7-8,11-12,18,22H,1,3-6,9-10,13-17H2,(H2,28,29,30,31). The van der Waals surface area contributed by atoms with Crippen LogP contribution in [-0.2, 0) is 22.5 Å². The van der Waals surface area contributed by atoms with Crippen LogP contribution < -0.4 is 10.6 Å². The van der Waals surface area contributed by atoms with Crippen molar-refractivity contribution in [3.63, 3.8) is 0 Å². The molecule has 4 heterocycles. The lowest BCUT2D eigenvalue weighted by Crippen LogP contribution is -2.44. The summed E-state index contributed by atoms with van der Waals surface area (Å²) in [6, 6.07) is 6.28. The number of aromatic nitrogens is 2. The minimum Gasteiger partial charge on any atom is -0.381 e. The van der Waals surface area contributed by atoms with Crippen molar-refractivity contribution in [2.24, 2.45) is 5.92 Å². The summed E-state index contributed by atoms with van der Waals surface area (Å²) in [7, 11) is 0. The zero-order valence-electron chi connectivity index (χ0n) is 20.0. The average Bonchev–Trinajstić information content (AvgIpc) is 3.04. The highest BCUT2D eigenvalue weighted by Gasteiger charge is 2.25. The van der Waals surface area contributed by atoms with Gasteiger partial charge in [-0.15, -0.1) is 0 Å². The summed E-state index contributed by atoms with van der Waals surface area (Å²) in [5.74, 6) is 0.498. The van der Waals surface area contributed by atoms with Crippen molar-refractivity contribution in [1.82, 2.24) is 19.8 Å². The van der Waals surface area contributed by atoms with Crippen LogP contribution in [0.3, 0.4) is 0 Å². The average molecular weight is 481 g/mol. The van der Waals surface area contributed by atoms with Crippen LogP contribution in [0.1, 0.15) is 30.4 Å². The summed E-state index contributed by atoms with van der Waals surface area (Å²) < 4.78 is 19.9. The Morgan fingerprint density at radius 1 is 1.26 bits per heavy atom. The van der Waals surface area contributed by atoms with Crippen LogP contribution in [0.25, 0.3) is 0 Å². The summed E-state index contributed by atoms with van der Waals surface area (Å²) in [6.45, 7) is 9.56. The smallest absolute Gasteiger partial charge is 0.246 e. The highest BCUT2D eigenvalue weighted by Crippen LogP contribution is 2.26. The minimum atomic E-state index is -0.514. The molecule has 1 atom stereocenters. The second-order valence-corrected chi connectivity index (χ2v) is 9.71. The third-order valence-electron chi connectivity index (χ3n) is 6.99. The van der Waals surface area contributed by atoms with Crippen molar-refractivity contribution in [2.45, 2.75) is 38.3 Å². The van der Waals surface area contributed by atoms with Gasteiger partial charge in [-0.1, -0.05) is 12.6 Å². The van der Waals surface area contributed by atoms with Crippen molar-refractivity contribution < 1.29 is 13.9 Å². The molecule has 0 bridgehead atoms. The normalized spacial score (nSPS) is 20.9. The Morgan fingerprint density at radius 3 is 2.94 bits per heavy atom. The number of carbonyl (C=O) groups excluding carboxylic acids is 1. The Hall–Kier alpha value is -3.04. The fourth-order valence-corrected chi connectivity index (χ4v) is 5.09. The van der Waals surface area contributed by atoms with Crippen LogP contribution in [0, 0.1) is 11.7 Å². The van der Waals surface area contributed by atoms with Crippen LogP contribution in [0.4, 0.5) is 21.8 Å². The van der Waals surface area contributed by atoms with Crippen LogP contribution >= 0.6 is 0 Å². The van der Waals surface area contributed by atoms with E-state index in [0.29, 0.717) is 25.0 Å². The van der Waals surface area contributed by atoms with Gasteiger partial charge in [-0.3, -0.25) is 9.69 Å². The summed E-state index contributed by atoms with van der Waals surface area (Å²) in [6.07, 6.45) is 6.40. The molecule has 0 aliphatic carbocycles. The molecule has 5 rings (SSSR count). The Morgan fingerprint density at radius 2 is 2.14 bits per heavy atom. The van der Waals surface area contributed by atoms with Gasteiger partial charge in [0.15, 0.2) is 11.6 Å². The summed E-state index contributed by atoms with van der Waals surface area (Å²) >= 11 is 0. The molecule has 3 aliphatic rings. The second kappa shape index (κ2) is 10.7. The quantitative estimate of drug-likeness (QED) is 0.588. The van der Waals surface area contributed by atoms with E-state index in [4.69, 9.17) is 4.74 Å². The number of hydrogen-bond donors (Lipinski definition) is 2. The molecule has 0 radical (unpaired) electrons. The molecule has 0 spiro atoms. The van der Waals surface area contributed by atoms with E-state index in [1.807, 2.05) is 6.07 Å². The molecular weight excluding hydrogens is 447 g/mol. The van der Waals surface area contributed by atoms with E-state index in [-0.39, 0.29) is 17.8 Å². The number of ether oxygens (including phenoxy) is 1. The Kier molecular flexibility index (Phi) is 7.24. The number of piperidine rings is 1. The van der Waals surface area contributed by atoms with Crippen LogP contribution in [0.5, 0.6) is 0 Å². The summed E-state index contributed by atoms with van der Waals surface area (Å²) in [4.78, 5) is 24.8. The van der Waals surface area contributed by atoms with Gasteiger partial charge in [-0.05, 0) is 61.6 Å². The van der Waals surface area contributed by atoms with E-state index in [1.54, 1.807) is 4.90 Å². The maximum atomic E-state index is 14.5. The first-order chi connectivity index (χ1) is 17.1. The molecule has 2 saturated heterocycles. The van der Waals surface area contributed by atoms with Gasteiger partial charge in [-0.25, -0.2) is 9.37 Å². The number of hydrogen-bond acceptors (Lipinski definition) is 7. The third-order valence-corrected chi connectivity index (χ3v) is 6.99. The van der Waals surface area contributed by atoms with E-state index >= 15 is 0 Å². The number of benzene rings is 1. The number of rotatable bonds is 7. The van der Waals surface area contributed by atoms with Crippen LogP contribution in [0.15, 0.2) is 37.1 Å². The van der Waals surface area contributed by atoms with Gasteiger partial charge in [0.1, 0.15) is 0 Å². The number of carbonyl (C=O) groups is 1. The largest absolute Gasteiger partial charge is 0.381 e. The maximum absolute atomic E-state index is 14.5. The number of likely N-dealkylation sites (tertiary alicyclic amines) is 1. The van der Waals surface area contributed by atoms with Crippen molar-refractivity contribution in [1.29, 1.82) is 0 Å². The lowest BCUT2D eigenvalue weighted by molar-refractivity contribution is -0.127. The molecule has 2 fully saturated rings. The zero-order valence-corrected chi connectivity index (χ0v) is 20.0. The van der Waals surface area contributed by atoms with Gasteiger partial charge in [0.25, 0.3) is 0 Å². The fourth-order valence-electron chi connectivity index (χ4n) is 5.09. The van der Waals surface area contributed by atoms with Crippen molar-refractivity contribution in [2.75, 3.05) is 50.0 Å². The summed E-state index contributed by atoms with van der Waals surface area (Å²) in [5, 5.41) is 6.41. The highest BCUT2D eigenvalue weighted by atomic mass is 19.1. The number of nitrogens with one attached hydrogen (secondary N) is 2. The molecular formula is C26H33FN6O2. The SMILES string of the molecule is C=CC(=O)N1CCCC(Nc2nc(Nc3ccc4c(c3)CN(CC3COC3)CCC4)ncc2F)C1. The number of aryl methyl sites for hydroxylation is 1. The van der Waals surface area contributed by atoms with Gasteiger partial charge in [0.05, 0.1) is 19.4 Å². The second-order valence-electron chi connectivity index (χ2n) is 9.71. The highest BCUT2D eigenvalue weighted by molar-refractivity contribution is 5.87. The molecule has 186 valence electrons. The number of amides is 1. The molecule has 35 heavy (non-hydrogen) atoms. The molecule has 1 unspecified atom stereocenters. The molecule has 2 N–H and O–H groups in total. The molecule has 9 heteroatoms. The van der Waals surface area contributed by atoms with Gasteiger partial charge >= 0.3 is 0 Å². The number of nitrogens with zero attached hydrogens (tertiary/aromatic N) is 4. The molecule has 3 aliphatic heterocycles. The predicted octanol–water partition coefficient (Wildman–Crippen LogP) is 3.34. The van der Waals surface area contributed by atoms with Gasteiger partial charge in [-0.2, -0.15) is 4.98 Å². The zero-order chi connectivity index (χ0) is 24.2. The van der Waals surface area contributed by atoms with E-state index in [1.165, 1.54) is 23.4 Å². The lowest BCUT2D eigenvalue weighted by Gasteiger charge is -2.32. The molecule has 2 aromatic rings. The van der Waals surface area contributed by atoms with E-state index < -0.39 is 5.82 Å². The maximum Gasteiger partial charge on any atom is 0.246 e. The molecule has 1 aromatic heterocycles. The van der Waals surface area contributed by atoms with E-state index in [9.17, 15) is 9.18 Å². The Bertz CT molecular complexity index is 1080. The third kappa shape index (κ3) is 5.79. The topological polar surface area (TPSA) is 82.6 Å². The van der Waals surface area contributed by atoms with Crippen LogP contribution in [0.2, 0.25) is 0 Å². The fraction of sp³-hybridized carbons (Fsp3) is 0.500. The molecule has 1 amide bonds. The minimum absolute atomic E-state index is 0.0792. The van der Waals surface area contributed by atoms with Crippen molar-refractivity contribution in [3.05, 3.63) is 54.0 Å². The van der Waals surface area contributed by atoms with E-state index in [2.05, 4.69) is 44.2 Å². The summed E-state index contributed by atoms with van der Waals surface area (Å²) in [5.41, 5.74) is 3.57. The van der Waals surface area contributed by atoms with Gasteiger partial charge in [0, 0.05) is 43.8 Å². The number of halogens is 1. The van der Waals surface area contributed by atoms with Crippen molar-refractivity contribution >= 4 is 23.4 Å². The Balaban J connectivity index is 1.26. The van der Waals surface area contributed by atoms with Crippen molar-refractivity contribution in [3.8, 4) is 0 Å². The molecule has 8 nitrogen and oxygen atoms in total. The predicted molar refractivity (Wildman–Crippen MR) is 133 cm³/mol. The number of fused-ring (bicyclic) bond motifs is 1. The molecule has 1 aromatic carbocycles. The van der Waals surface area contributed by atoms with Gasteiger partial charge < -0.3 is 20.3 Å². The van der Waals surface area contributed by atoms with E-state index in [0.717, 1.165) is 64.2 Å². The first-order valence-corrected chi connectivity index (χ1v) is 12.5. The van der Waals surface area contributed by atoms with Crippen LogP contribution in [-0.4, -0.2) is 71.1 Å². The van der Waals surface area contributed by atoms with Gasteiger partial charge in [0.2, 0.25) is 11.9 Å². The lowest BCUT2D eigenvalue weighted by atomic mass is 10.0. The Labute approximate surface area is 205 Å². The monoisotopic (exact) mass is 480 g/mol. The first kappa shape index (κ1) is 23.7.